The van der Waals surface area contributed by atoms with Crippen LogP contribution in [0.4, 0.5) is 28.0 Å². The number of hydrogen-bond acceptors (Lipinski definition) is 16. The van der Waals surface area contributed by atoms with Crippen LogP contribution in [0.2, 0.25) is 0 Å². The molecule has 7 N–H and O–H groups in total. The Morgan fingerprint density at radius 3 is 1.90 bits per heavy atom. The van der Waals surface area contributed by atoms with Gasteiger partial charge < -0.3 is 61.2 Å². The summed E-state index contributed by atoms with van der Waals surface area (Å²) in [7, 11) is 8.38. The van der Waals surface area contributed by atoms with Crippen LogP contribution in [-0.2, 0) is 70.4 Å². The van der Waals surface area contributed by atoms with Gasteiger partial charge in [0.1, 0.15) is 11.8 Å². The molecule has 0 unspecified atom stereocenters. The normalized spacial score (nSPS) is 17.8. The lowest BCUT2D eigenvalue weighted by Gasteiger charge is -2.41. The molecule has 0 spiro atoms. The van der Waals surface area contributed by atoms with E-state index in [2.05, 4.69) is 26.6 Å². The van der Waals surface area contributed by atoms with Gasteiger partial charge in [0, 0.05) is 108 Å². The molecule has 1 heterocycles. The third-order valence-corrected chi connectivity index (χ3v) is 21.5. The van der Waals surface area contributed by atoms with E-state index < -0.39 is 148 Å². The number of benzene rings is 3. The maximum Gasteiger partial charge on any atom is 0.314 e. The SMILES string of the molecule is CC[C@H](C)[C@@H]([C@@H](CC(=O)N1CCC[C@H]1[C@H](OC)[C@@H](C)C(=O)C[C@@H](Cc1ccccc1)C(=O)NCc1ccc(NC(=O)[C@H](CCCNC(N)=O)CC(=O)[C@@H](NC(=O)CCC(=O)N(CCC#N)C2CCC(C(=O)Oc3c(F)c(C)c(F)c(F)c3F)CC2)C(C)C)cc1)OC)N(C)C(=O)[C@@H](NC(=O)[C@H](C(C)C)N(C)C)C(C)C. The number of urea groups is 1. The third kappa shape index (κ3) is 25.9. The predicted octanol–water partition coefficient (Wildman–Crippen LogP) is 9.42. The fourth-order valence-corrected chi connectivity index (χ4v) is 15.1. The number of Topliss-reactive ketones (excluding diaryl/α,β-unsaturated/α-hetero) is 2. The molecule has 0 radical (unpaired) electrons. The Balaban J connectivity index is 1.21. The molecule has 25 nitrogen and oxygen atoms in total. The van der Waals surface area contributed by atoms with Crippen LogP contribution in [0.1, 0.15) is 175 Å². The molecular formula is C81H117F4N11O14. The number of esters is 1. The van der Waals surface area contributed by atoms with E-state index in [0.29, 0.717) is 37.1 Å². The largest absolute Gasteiger partial charge is 0.420 e. The molecule has 1 aliphatic heterocycles. The number of halogens is 4. The van der Waals surface area contributed by atoms with E-state index in [-0.39, 0.29) is 150 Å². The lowest BCUT2D eigenvalue weighted by Crippen LogP contribution is -2.59. The van der Waals surface area contributed by atoms with Crippen LogP contribution in [-0.4, -0.2) is 188 Å². The molecular weight excluding hydrogens is 1430 g/mol. The molecule has 11 atom stereocenters. The van der Waals surface area contributed by atoms with Gasteiger partial charge in [-0.1, -0.05) is 111 Å². The molecule has 0 bridgehead atoms. The number of methoxy groups -OCH3 is 2. The van der Waals surface area contributed by atoms with Crippen molar-refractivity contribution in [1.29, 1.82) is 5.26 Å². The zero-order chi connectivity index (χ0) is 82.0. The number of amides is 9. The summed E-state index contributed by atoms with van der Waals surface area (Å²) in [6.07, 6.45) is 0.161. The summed E-state index contributed by atoms with van der Waals surface area (Å²) < 4.78 is 74.3. The molecule has 0 aromatic heterocycles. The number of nitriles is 1. The number of anilines is 1. The lowest BCUT2D eigenvalue weighted by atomic mass is 9.85. The number of ether oxygens (including phenoxy) is 3. The fraction of sp³-hybridized carbons (Fsp3) is 0.630. The first-order chi connectivity index (χ1) is 52.0. The Morgan fingerprint density at radius 1 is 0.691 bits per heavy atom. The maximum absolute atomic E-state index is 14.7. The first kappa shape index (κ1) is 91.7. The first-order valence-electron chi connectivity index (χ1n) is 38.4. The van der Waals surface area contributed by atoms with Crippen molar-refractivity contribution in [1.82, 2.24) is 40.9 Å². The van der Waals surface area contributed by atoms with Crippen LogP contribution in [0, 0.1) is 88.9 Å². The van der Waals surface area contributed by atoms with E-state index >= 15 is 0 Å². The molecule has 608 valence electrons. The number of likely N-dealkylation sites (N-methyl/N-ethyl adjacent to an activating group) is 2. The highest BCUT2D eigenvalue weighted by molar-refractivity contribution is 5.98. The Labute approximate surface area is 645 Å². The fourth-order valence-electron chi connectivity index (χ4n) is 15.1. The molecule has 1 saturated carbocycles. The zero-order valence-electron chi connectivity index (χ0n) is 66.6. The Bertz CT molecular complexity index is 3630. The second kappa shape index (κ2) is 44.2. The topological polar surface area (TPSA) is 338 Å². The predicted molar refractivity (Wildman–Crippen MR) is 406 cm³/mol. The van der Waals surface area contributed by atoms with E-state index in [1.165, 1.54) is 19.1 Å². The number of primary amides is 1. The minimum Gasteiger partial charge on any atom is -0.420 e. The van der Waals surface area contributed by atoms with Gasteiger partial charge >= 0.3 is 12.0 Å². The third-order valence-electron chi connectivity index (χ3n) is 21.5. The van der Waals surface area contributed by atoms with Gasteiger partial charge in [0.05, 0.1) is 61.2 Å². The number of nitrogens with zero attached hydrogens (tertiary/aromatic N) is 5. The summed E-state index contributed by atoms with van der Waals surface area (Å²) in [6.45, 7) is 18.2. The van der Waals surface area contributed by atoms with Crippen molar-refractivity contribution in [2.45, 2.75) is 227 Å². The Kier molecular flexibility index (Phi) is 36.9. The van der Waals surface area contributed by atoms with E-state index in [1.807, 2.05) is 96.9 Å². The highest BCUT2D eigenvalue weighted by Gasteiger charge is 2.45. The molecule has 5 rings (SSSR count). The molecule has 1 saturated heterocycles. The number of ketones is 2. The van der Waals surface area contributed by atoms with Crippen molar-refractivity contribution in [2.75, 3.05) is 60.3 Å². The Hall–Kier alpha value is -8.88. The van der Waals surface area contributed by atoms with Crippen LogP contribution in [0.5, 0.6) is 5.75 Å². The van der Waals surface area contributed by atoms with Gasteiger partial charge in [-0.05, 0) is 126 Å². The van der Waals surface area contributed by atoms with Gasteiger partial charge in [-0.2, -0.15) is 9.65 Å². The van der Waals surface area contributed by atoms with Crippen molar-refractivity contribution in [2.24, 2.45) is 53.1 Å². The molecule has 2 aliphatic rings. The monoisotopic (exact) mass is 1540 g/mol. The summed E-state index contributed by atoms with van der Waals surface area (Å²) >= 11 is 0. The van der Waals surface area contributed by atoms with E-state index in [9.17, 15) is 75.6 Å². The van der Waals surface area contributed by atoms with Crippen molar-refractivity contribution >= 4 is 70.6 Å². The van der Waals surface area contributed by atoms with Gasteiger partial charge in [-0.15, -0.1) is 0 Å². The quantitative estimate of drug-likeness (QED) is 0.00767. The van der Waals surface area contributed by atoms with E-state index in [0.717, 1.165) is 12.5 Å². The van der Waals surface area contributed by atoms with E-state index in [1.54, 1.807) is 61.9 Å². The first-order valence-corrected chi connectivity index (χ1v) is 38.4. The number of rotatable bonds is 43. The van der Waals surface area contributed by atoms with Crippen LogP contribution >= 0.6 is 0 Å². The van der Waals surface area contributed by atoms with E-state index in [4.69, 9.17) is 19.9 Å². The minimum absolute atomic E-state index is 0.0177. The molecule has 110 heavy (non-hydrogen) atoms. The number of carbonyl (C=O) groups is 11. The molecule has 29 heteroatoms. The molecule has 1 aliphatic carbocycles. The summed E-state index contributed by atoms with van der Waals surface area (Å²) in [4.78, 5) is 159. The van der Waals surface area contributed by atoms with Gasteiger partial charge in [-0.25, -0.2) is 18.0 Å². The second-order valence-electron chi connectivity index (χ2n) is 30.7. The van der Waals surface area contributed by atoms with Crippen molar-refractivity contribution in [3.63, 3.8) is 0 Å². The number of carbonyl (C=O) groups excluding carboxylic acids is 11. The summed E-state index contributed by atoms with van der Waals surface area (Å²) in [5.74, 6) is -17.7. The highest BCUT2D eigenvalue weighted by Crippen LogP contribution is 2.36. The standard InChI is InChI=1S/C81H117F4N11O14/c1-16-49(8)73(94(13)79(105)71(47(4)5)92-78(104)72(48(6)7)93(11)12)62(108-14)44-65(101)96-39-21-26-59(96)74(109-15)50(9)60(97)43-56(41-52-23-18-17-19-24-52)76(102)89-45-53-27-31-57(32-28-53)90-77(103)55(25-20-38-88-81(87)107)42-61(98)70(46(2)3)91-63(99)35-36-64(100)95(40-22-37-86)58-33-29-54(30-34-58)80(106)110-75-67(83)51(10)66(82)68(84)69(75)85/h17-19,23-24,27-28,31-32,46-50,54-56,58-59,62,70-74H,16,20-22,25-26,29-30,33-36,38-45H2,1-15H3,(H,89,102)(H,90,103)(H,91,99)(H,92,104)(H3,87,88,107)/t49-,50-,54?,55+,56+,58?,59-,62+,70-,71-,72-,73-,74+/m0/s1. The van der Waals surface area contributed by atoms with Gasteiger partial charge in [0.2, 0.25) is 52.9 Å². The smallest absolute Gasteiger partial charge is 0.314 e. The van der Waals surface area contributed by atoms with Crippen LogP contribution in [0.25, 0.3) is 0 Å². The summed E-state index contributed by atoms with van der Waals surface area (Å²) in [5.41, 5.74) is 6.26. The Morgan fingerprint density at radius 2 is 1.33 bits per heavy atom. The average molecular weight is 1540 g/mol. The van der Waals surface area contributed by atoms with Crippen molar-refractivity contribution in [3.8, 4) is 11.8 Å². The minimum atomic E-state index is -2.00. The van der Waals surface area contributed by atoms with Crippen LogP contribution in [0.15, 0.2) is 54.6 Å². The maximum atomic E-state index is 14.7. The lowest BCUT2D eigenvalue weighted by molar-refractivity contribution is -0.148. The molecule has 2 fully saturated rings. The zero-order valence-corrected chi connectivity index (χ0v) is 66.6. The van der Waals surface area contributed by atoms with Crippen molar-refractivity contribution < 1.29 is 84.5 Å². The number of hydrogen-bond donors (Lipinski definition) is 6. The molecule has 9 amide bonds. The van der Waals surface area contributed by atoms with Crippen LogP contribution in [0.3, 0.4) is 0 Å². The highest BCUT2D eigenvalue weighted by atomic mass is 19.2. The number of nitrogens with two attached hydrogens (primary N) is 1. The molecule has 3 aromatic rings. The van der Waals surface area contributed by atoms with Gasteiger partial charge in [0.25, 0.3) is 0 Å². The average Bonchev–Trinajstić information content (AvgIpc) is 1.64. The molecule has 3 aromatic carbocycles. The number of nitrogens with one attached hydrogen (secondary N) is 5. The second-order valence-corrected chi connectivity index (χ2v) is 30.7. The van der Waals surface area contributed by atoms with Crippen LogP contribution < -0.4 is 37.1 Å². The summed E-state index contributed by atoms with van der Waals surface area (Å²) in [6, 6.07) is 13.2. The van der Waals surface area contributed by atoms with Gasteiger partial charge in [0.15, 0.2) is 23.2 Å². The summed E-state index contributed by atoms with van der Waals surface area (Å²) in [5, 5.41) is 23.5. The van der Waals surface area contributed by atoms with Crippen molar-refractivity contribution in [3.05, 3.63) is 94.6 Å². The number of likely N-dealkylation sites (tertiary alicyclic amines) is 1. The van der Waals surface area contributed by atoms with Gasteiger partial charge in [-0.3, -0.25) is 52.8 Å².